The Morgan fingerprint density at radius 3 is 2.46 bits per heavy atom. The lowest BCUT2D eigenvalue weighted by atomic mass is 10.1. The third-order valence-corrected chi connectivity index (χ3v) is 3.92. The van der Waals surface area contributed by atoms with Crippen molar-refractivity contribution in [1.82, 2.24) is 0 Å². The summed E-state index contributed by atoms with van der Waals surface area (Å²) in [5, 5.41) is 16.7. The Hall–Kier alpha value is -2.99. The van der Waals surface area contributed by atoms with Crippen LogP contribution in [0.1, 0.15) is 12.5 Å². The summed E-state index contributed by atoms with van der Waals surface area (Å²) in [6.45, 7) is 1.73. The molecule has 0 aliphatic carbocycles. The number of amides is 1. The van der Waals surface area contributed by atoms with Gasteiger partial charge in [0.1, 0.15) is 0 Å². The molecule has 0 aromatic heterocycles. The second-order valence-electron chi connectivity index (χ2n) is 5.16. The van der Waals surface area contributed by atoms with Gasteiger partial charge < -0.3 is 0 Å². The second kappa shape index (κ2) is 6.25. The Labute approximate surface area is 142 Å². The number of hydrogen-bond acceptors (Lipinski definition) is 4. The van der Waals surface area contributed by atoms with E-state index >= 15 is 0 Å². The van der Waals surface area contributed by atoms with Crippen LogP contribution in [0.5, 0.6) is 0 Å². The maximum absolute atomic E-state index is 12.6. The van der Waals surface area contributed by atoms with Gasteiger partial charge in [-0.25, -0.2) is 0 Å². The number of nitro benzene ring substituents is 1. The number of rotatable bonds is 3. The summed E-state index contributed by atoms with van der Waals surface area (Å²) in [7, 11) is 0. The molecule has 1 heterocycles. The number of carbonyl (C=O) groups is 1. The minimum Gasteiger partial charge on any atom is -0.267 e. The van der Waals surface area contributed by atoms with E-state index in [2.05, 4.69) is 5.10 Å². The van der Waals surface area contributed by atoms with E-state index in [0.29, 0.717) is 22.0 Å². The van der Waals surface area contributed by atoms with Gasteiger partial charge in [-0.15, -0.1) is 0 Å². The lowest BCUT2D eigenvalue weighted by Crippen LogP contribution is -2.21. The van der Waals surface area contributed by atoms with Crippen LogP contribution in [0.2, 0.25) is 5.02 Å². The molecule has 0 atom stereocenters. The number of hydrazone groups is 1. The number of carbonyl (C=O) groups excluding carboxylic acids is 1. The molecule has 120 valence electrons. The summed E-state index contributed by atoms with van der Waals surface area (Å²) >= 11 is 6.13. The van der Waals surface area contributed by atoms with Gasteiger partial charge in [-0.3, -0.25) is 14.9 Å². The molecule has 0 unspecified atom stereocenters. The van der Waals surface area contributed by atoms with Gasteiger partial charge in [0.2, 0.25) is 0 Å². The third kappa shape index (κ3) is 2.91. The highest BCUT2D eigenvalue weighted by atomic mass is 35.5. The fraction of sp³-hybridized carbons (Fsp3) is 0.0588. The maximum atomic E-state index is 12.6. The monoisotopic (exact) mass is 341 g/mol. The van der Waals surface area contributed by atoms with Crippen LogP contribution in [0.4, 0.5) is 11.4 Å². The van der Waals surface area contributed by atoms with E-state index in [-0.39, 0.29) is 11.6 Å². The molecule has 7 heteroatoms. The number of non-ortho nitro benzene ring substituents is 1. The Balaban J connectivity index is 1.93. The minimum atomic E-state index is -0.493. The Kier molecular flexibility index (Phi) is 4.14. The molecule has 0 spiro atoms. The molecule has 0 saturated carbocycles. The van der Waals surface area contributed by atoms with Gasteiger partial charge in [0.25, 0.3) is 11.6 Å². The normalized spacial score (nSPS) is 15.8. The Morgan fingerprint density at radius 1 is 1.17 bits per heavy atom. The summed E-state index contributed by atoms with van der Waals surface area (Å²) in [5.41, 5.74) is 2.13. The van der Waals surface area contributed by atoms with Crippen molar-refractivity contribution in [3.05, 3.63) is 74.8 Å². The van der Waals surface area contributed by atoms with Gasteiger partial charge in [-0.2, -0.15) is 10.1 Å². The van der Waals surface area contributed by atoms with Gasteiger partial charge in [-0.1, -0.05) is 29.8 Å². The van der Waals surface area contributed by atoms with Crippen LogP contribution in [0.3, 0.4) is 0 Å². The van der Waals surface area contributed by atoms with Crippen molar-refractivity contribution in [2.75, 3.05) is 5.01 Å². The smallest absolute Gasteiger partial charge is 0.267 e. The highest BCUT2D eigenvalue weighted by molar-refractivity contribution is 6.34. The molecule has 0 bridgehead atoms. The molecule has 3 rings (SSSR count). The fourth-order valence-electron chi connectivity index (χ4n) is 2.32. The first-order chi connectivity index (χ1) is 11.5. The number of anilines is 1. The Bertz CT molecular complexity index is 888. The van der Waals surface area contributed by atoms with Crippen molar-refractivity contribution >= 4 is 40.7 Å². The SMILES string of the molecule is CC1=NN(c2ccc([N+](=O)[O-])cc2)C(=O)/C1=C/c1ccccc1Cl. The highest BCUT2D eigenvalue weighted by Gasteiger charge is 2.29. The Morgan fingerprint density at radius 2 is 1.83 bits per heavy atom. The van der Waals surface area contributed by atoms with Crippen molar-refractivity contribution in [3.8, 4) is 0 Å². The third-order valence-electron chi connectivity index (χ3n) is 3.57. The number of hydrogen-bond donors (Lipinski definition) is 0. The zero-order valence-corrected chi connectivity index (χ0v) is 13.4. The molecule has 2 aromatic carbocycles. The van der Waals surface area contributed by atoms with Crippen LogP contribution in [0.15, 0.2) is 59.2 Å². The molecule has 1 amide bonds. The lowest BCUT2D eigenvalue weighted by molar-refractivity contribution is -0.384. The van der Waals surface area contributed by atoms with Gasteiger partial charge in [0.15, 0.2) is 0 Å². The highest BCUT2D eigenvalue weighted by Crippen LogP contribution is 2.27. The number of nitro groups is 1. The summed E-state index contributed by atoms with van der Waals surface area (Å²) in [6.07, 6.45) is 1.69. The van der Waals surface area contributed by atoms with Crippen LogP contribution in [-0.4, -0.2) is 16.5 Å². The largest absolute Gasteiger partial charge is 0.280 e. The van der Waals surface area contributed by atoms with Crippen molar-refractivity contribution in [1.29, 1.82) is 0 Å². The molecule has 2 aromatic rings. The van der Waals surface area contributed by atoms with Crippen LogP contribution in [0.25, 0.3) is 6.08 Å². The molecule has 24 heavy (non-hydrogen) atoms. The van der Waals surface area contributed by atoms with Crippen molar-refractivity contribution in [3.63, 3.8) is 0 Å². The molecule has 1 aliphatic rings. The van der Waals surface area contributed by atoms with Crippen molar-refractivity contribution < 1.29 is 9.72 Å². The second-order valence-corrected chi connectivity index (χ2v) is 5.56. The van der Waals surface area contributed by atoms with Crippen LogP contribution in [0, 0.1) is 10.1 Å². The molecule has 6 nitrogen and oxygen atoms in total. The quantitative estimate of drug-likeness (QED) is 0.480. The lowest BCUT2D eigenvalue weighted by Gasteiger charge is -2.11. The first-order valence-corrected chi connectivity index (χ1v) is 7.46. The average molecular weight is 342 g/mol. The molecule has 0 fully saturated rings. The fourth-order valence-corrected chi connectivity index (χ4v) is 2.51. The van der Waals surface area contributed by atoms with Crippen LogP contribution in [-0.2, 0) is 4.79 Å². The molecular formula is C17H12ClN3O3. The maximum Gasteiger partial charge on any atom is 0.280 e. The van der Waals surface area contributed by atoms with Gasteiger partial charge in [0.05, 0.1) is 21.9 Å². The number of benzene rings is 2. The number of nitrogens with zero attached hydrogens (tertiary/aromatic N) is 3. The van der Waals surface area contributed by atoms with Crippen molar-refractivity contribution in [2.24, 2.45) is 5.10 Å². The minimum absolute atomic E-state index is 0.0436. The number of halogens is 1. The predicted molar refractivity (Wildman–Crippen MR) is 93.1 cm³/mol. The first-order valence-electron chi connectivity index (χ1n) is 7.08. The zero-order chi connectivity index (χ0) is 17.3. The van der Waals surface area contributed by atoms with E-state index in [1.54, 1.807) is 19.1 Å². The predicted octanol–water partition coefficient (Wildman–Crippen LogP) is 4.05. The molecule has 0 N–H and O–H groups in total. The van der Waals surface area contributed by atoms with E-state index in [4.69, 9.17) is 11.6 Å². The van der Waals surface area contributed by atoms with Crippen LogP contribution >= 0.6 is 11.6 Å². The van der Waals surface area contributed by atoms with Gasteiger partial charge in [-0.05, 0) is 36.8 Å². The first kappa shape index (κ1) is 15.9. The van der Waals surface area contributed by atoms with E-state index in [1.165, 1.54) is 29.3 Å². The summed E-state index contributed by atoms with van der Waals surface area (Å²) in [5.74, 6) is -0.304. The van der Waals surface area contributed by atoms with Gasteiger partial charge >= 0.3 is 0 Å². The standard InChI is InChI=1S/C17H12ClN3O3/c1-11-15(10-12-4-2-3-5-16(12)18)17(22)20(19-11)13-6-8-14(9-7-13)21(23)24/h2-10H,1H3/b15-10+. The summed E-state index contributed by atoms with van der Waals surface area (Å²) in [4.78, 5) is 22.8. The van der Waals surface area contributed by atoms with E-state index in [9.17, 15) is 14.9 Å². The topological polar surface area (TPSA) is 75.8 Å². The molecular weight excluding hydrogens is 330 g/mol. The molecule has 0 radical (unpaired) electrons. The van der Waals surface area contributed by atoms with E-state index in [1.807, 2.05) is 18.2 Å². The van der Waals surface area contributed by atoms with Gasteiger partial charge in [0, 0.05) is 17.2 Å². The van der Waals surface area contributed by atoms with Crippen LogP contribution < -0.4 is 5.01 Å². The van der Waals surface area contributed by atoms with Crippen molar-refractivity contribution in [2.45, 2.75) is 6.92 Å². The average Bonchev–Trinajstić information content (AvgIpc) is 2.85. The molecule has 0 saturated heterocycles. The zero-order valence-electron chi connectivity index (χ0n) is 12.6. The van der Waals surface area contributed by atoms with E-state index in [0.717, 1.165) is 5.56 Å². The van der Waals surface area contributed by atoms with E-state index < -0.39 is 4.92 Å². The summed E-state index contributed by atoms with van der Waals surface area (Å²) in [6, 6.07) is 12.9. The summed E-state index contributed by atoms with van der Waals surface area (Å²) < 4.78 is 0. The molecule has 1 aliphatic heterocycles.